The topological polar surface area (TPSA) is 17.8 Å². The number of aryl methyl sites for hydroxylation is 1. The Hall–Kier alpha value is -1.87. The molecule has 0 spiro atoms. The third-order valence-corrected chi connectivity index (χ3v) is 6.03. The van der Waals surface area contributed by atoms with Crippen molar-refractivity contribution < 1.29 is 0 Å². The van der Waals surface area contributed by atoms with Crippen LogP contribution >= 0.6 is 0 Å². The third-order valence-electron chi connectivity index (χ3n) is 3.97. The summed E-state index contributed by atoms with van der Waals surface area (Å²) in [5.74, 6) is 0. The van der Waals surface area contributed by atoms with Gasteiger partial charge in [0.1, 0.15) is 5.65 Å². The lowest BCUT2D eigenvalue weighted by Crippen LogP contribution is -2.44. The molecular formula is C18H22N2Si. The number of hydrogen-bond donors (Lipinski definition) is 0. The molecule has 0 aliphatic carbocycles. The van der Waals surface area contributed by atoms with Crippen molar-refractivity contribution in [2.45, 2.75) is 33.1 Å². The largest absolute Gasteiger partial charge is 0.329 e. The Labute approximate surface area is 127 Å². The minimum Gasteiger partial charge on any atom is -0.329 e. The first-order valence-electron chi connectivity index (χ1n) is 7.46. The number of nitrogens with zero attached hydrogens (tertiary/aromatic N) is 2. The van der Waals surface area contributed by atoms with Crippen molar-refractivity contribution in [3.05, 3.63) is 59.8 Å². The summed E-state index contributed by atoms with van der Waals surface area (Å²) in [6.07, 6.45) is 1.90. The highest BCUT2D eigenvalue weighted by Crippen LogP contribution is 2.21. The van der Waals surface area contributed by atoms with E-state index in [1.54, 1.807) is 0 Å². The van der Waals surface area contributed by atoms with Gasteiger partial charge >= 0.3 is 0 Å². The van der Waals surface area contributed by atoms with E-state index in [9.17, 15) is 0 Å². The van der Waals surface area contributed by atoms with Gasteiger partial charge in [-0.05, 0) is 30.2 Å². The summed E-state index contributed by atoms with van der Waals surface area (Å²) in [7, 11) is -1.44. The molecule has 1 aromatic carbocycles. The first-order valence-corrected chi connectivity index (χ1v) is 11.0. The molecule has 0 bridgehead atoms. The predicted octanol–water partition coefficient (Wildman–Crippen LogP) is 3.94. The molecule has 0 atom stereocenters. The molecule has 108 valence electrons. The molecule has 2 nitrogen and oxygen atoms in total. The summed E-state index contributed by atoms with van der Waals surface area (Å²) in [5, 5.41) is 2.81. The van der Waals surface area contributed by atoms with Crippen LogP contribution in [0.3, 0.4) is 0 Å². The van der Waals surface area contributed by atoms with Crippen molar-refractivity contribution in [1.82, 2.24) is 9.55 Å². The van der Waals surface area contributed by atoms with E-state index in [0.29, 0.717) is 0 Å². The molecular weight excluding hydrogens is 272 g/mol. The van der Waals surface area contributed by atoms with Crippen molar-refractivity contribution >= 4 is 24.4 Å². The lowest BCUT2D eigenvalue weighted by atomic mass is 10.2. The van der Waals surface area contributed by atoms with Crippen LogP contribution < -0.4 is 5.32 Å². The summed E-state index contributed by atoms with van der Waals surface area (Å²) in [6.45, 7) is 10.4. The highest BCUT2D eigenvalue weighted by molar-refractivity contribution is 6.88. The van der Waals surface area contributed by atoms with E-state index in [0.717, 1.165) is 12.2 Å². The standard InChI is InChI=1S/C18H22N2Si/c1-14-16-11-8-12-19-17(16)20(18(14)21(2,3)4)13-15-9-6-5-7-10-15/h5-12H,13H2,1-4H3. The van der Waals surface area contributed by atoms with Gasteiger partial charge in [0, 0.05) is 23.4 Å². The predicted molar refractivity (Wildman–Crippen MR) is 93.0 cm³/mol. The summed E-state index contributed by atoms with van der Waals surface area (Å²) < 4.78 is 2.44. The van der Waals surface area contributed by atoms with Gasteiger partial charge in [-0.3, -0.25) is 0 Å². The van der Waals surface area contributed by atoms with E-state index in [2.05, 4.69) is 72.5 Å². The van der Waals surface area contributed by atoms with Crippen LogP contribution in [0.1, 0.15) is 11.1 Å². The van der Waals surface area contributed by atoms with Crippen LogP contribution in [0.2, 0.25) is 19.6 Å². The molecule has 3 aromatic rings. The minimum atomic E-state index is -1.44. The van der Waals surface area contributed by atoms with E-state index < -0.39 is 8.07 Å². The molecule has 0 N–H and O–H groups in total. The Balaban J connectivity index is 2.24. The number of benzene rings is 1. The zero-order chi connectivity index (χ0) is 15.0. The molecule has 0 fully saturated rings. The van der Waals surface area contributed by atoms with Gasteiger partial charge in [-0.2, -0.15) is 0 Å². The fraction of sp³-hybridized carbons (Fsp3) is 0.278. The quantitative estimate of drug-likeness (QED) is 0.669. The highest BCUT2D eigenvalue weighted by Gasteiger charge is 2.26. The Kier molecular flexibility index (Phi) is 3.45. The first kappa shape index (κ1) is 14.1. The third kappa shape index (κ3) is 2.53. The molecule has 0 saturated heterocycles. The maximum absolute atomic E-state index is 4.66. The maximum Gasteiger partial charge on any atom is 0.140 e. The second-order valence-corrected chi connectivity index (χ2v) is 11.6. The Bertz CT molecular complexity index is 767. The molecule has 0 aliphatic rings. The van der Waals surface area contributed by atoms with Crippen LogP contribution in [0.25, 0.3) is 11.0 Å². The lowest BCUT2D eigenvalue weighted by Gasteiger charge is -2.21. The van der Waals surface area contributed by atoms with Crippen LogP contribution in [0.4, 0.5) is 0 Å². The normalized spacial score (nSPS) is 12.0. The average molecular weight is 294 g/mol. The van der Waals surface area contributed by atoms with Gasteiger partial charge < -0.3 is 4.57 Å². The zero-order valence-electron chi connectivity index (χ0n) is 13.2. The van der Waals surface area contributed by atoms with Crippen LogP contribution in [0.15, 0.2) is 48.7 Å². The zero-order valence-corrected chi connectivity index (χ0v) is 14.2. The molecule has 0 radical (unpaired) electrons. The number of hydrogen-bond acceptors (Lipinski definition) is 1. The molecule has 2 heterocycles. The summed E-state index contributed by atoms with van der Waals surface area (Å²) in [4.78, 5) is 4.66. The Morgan fingerprint density at radius 1 is 1.00 bits per heavy atom. The molecule has 2 aromatic heterocycles. The molecule has 21 heavy (non-hydrogen) atoms. The average Bonchev–Trinajstić information content (AvgIpc) is 2.73. The lowest BCUT2D eigenvalue weighted by molar-refractivity contribution is 0.842. The van der Waals surface area contributed by atoms with Gasteiger partial charge in [-0.1, -0.05) is 50.0 Å². The second-order valence-electron chi connectivity index (χ2n) is 6.67. The minimum absolute atomic E-state index is 0.905. The molecule has 0 amide bonds. The molecule has 0 unspecified atom stereocenters. The van der Waals surface area contributed by atoms with E-state index >= 15 is 0 Å². The number of aromatic nitrogens is 2. The first-order chi connectivity index (χ1) is 9.98. The monoisotopic (exact) mass is 294 g/mol. The summed E-state index contributed by atoms with van der Waals surface area (Å²) >= 11 is 0. The Morgan fingerprint density at radius 3 is 2.38 bits per heavy atom. The van der Waals surface area contributed by atoms with E-state index in [4.69, 9.17) is 0 Å². The summed E-state index contributed by atoms with van der Waals surface area (Å²) in [5.41, 5.74) is 3.86. The molecule has 3 heteroatoms. The number of fused-ring (bicyclic) bond motifs is 1. The fourth-order valence-electron chi connectivity index (χ4n) is 3.23. The second kappa shape index (κ2) is 5.15. The van der Waals surface area contributed by atoms with Gasteiger partial charge in [0.05, 0.1) is 8.07 Å². The smallest absolute Gasteiger partial charge is 0.140 e. The van der Waals surface area contributed by atoms with Crippen molar-refractivity contribution in [1.29, 1.82) is 0 Å². The van der Waals surface area contributed by atoms with Crippen LogP contribution in [-0.4, -0.2) is 17.6 Å². The van der Waals surface area contributed by atoms with Crippen LogP contribution in [0.5, 0.6) is 0 Å². The van der Waals surface area contributed by atoms with Crippen LogP contribution in [0, 0.1) is 6.92 Å². The SMILES string of the molecule is Cc1c([Si](C)(C)C)n(Cc2ccccc2)c2ncccc12. The van der Waals surface area contributed by atoms with E-state index in [1.807, 2.05) is 12.3 Å². The highest BCUT2D eigenvalue weighted by atomic mass is 28.3. The van der Waals surface area contributed by atoms with E-state index in [-0.39, 0.29) is 0 Å². The molecule has 3 rings (SSSR count). The van der Waals surface area contributed by atoms with E-state index in [1.165, 1.54) is 21.8 Å². The number of rotatable bonds is 3. The van der Waals surface area contributed by atoms with Crippen molar-refractivity contribution in [3.63, 3.8) is 0 Å². The fourth-order valence-corrected chi connectivity index (χ4v) is 5.48. The van der Waals surface area contributed by atoms with Gasteiger partial charge in [-0.15, -0.1) is 0 Å². The van der Waals surface area contributed by atoms with Gasteiger partial charge in [0.15, 0.2) is 0 Å². The van der Waals surface area contributed by atoms with Crippen molar-refractivity contribution in [2.24, 2.45) is 0 Å². The number of pyridine rings is 1. The molecule has 0 saturated carbocycles. The van der Waals surface area contributed by atoms with Gasteiger partial charge in [0.2, 0.25) is 0 Å². The van der Waals surface area contributed by atoms with Crippen LogP contribution in [-0.2, 0) is 6.54 Å². The Morgan fingerprint density at radius 2 is 1.71 bits per heavy atom. The summed E-state index contributed by atoms with van der Waals surface area (Å²) in [6, 6.07) is 14.9. The molecule has 0 aliphatic heterocycles. The van der Waals surface area contributed by atoms with Crippen molar-refractivity contribution in [2.75, 3.05) is 0 Å². The van der Waals surface area contributed by atoms with Gasteiger partial charge in [0.25, 0.3) is 0 Å². The van der Waals surface area contributed by atoms with Crippen molar-refractivity contribution in [3.8, 4) is 0 Å². The van der Waals surface area contributed by atoms with Gasteiger partial charge in [-0.25, -0.2) is 4.98 Å². The maximum atomic E-state index is 4.66.